The van der Waals surface area contributed by atoms with E-state index in [0.29, 0.717) is 30.5 Å². The number of nitrogens with two attached hydrogens (primary N) is 1. The van der Waals surface area contributed by atoms with Gasteiger partial charge in [0, 0.05) is 24.2 Å². The Labute approximate surface area is 204 Å². The molecule has 10 heteroatoms. The van der Waals surface area contributed by atoms with Gasteiger partial charge in [-0.25, -0.2) is 13.2 Å². The molecule has 180 valence electrons. The van der Waals surface area contributed by atoms with Gasteiger partial charge in [0.25, 0.3) is 0 Å². The van der Waals surface area contributed by atoms with E-state index in [1.807, 2.05) is 6.07 Å². The molecule has 1 aliphatic carbocycles. The van der Waals surface area contributed by atoms with Gasteiger partial charge >= 0.3 is 0 Å². The van der Waals surface area contributed by atoms with E-state index in [1.165, 1.54) is 59.3 Å². The maximum Gasteiger partial charge on any atom is 0.239 e. The van der Waals surface area contributed by atoms with Crippen molar-refractivity contribution in [3.8, 4) is 6.07 Å². The number of hydrogen-bond acceptors (Lipinski definition) is 6. The highest BCUT2D eigenvalue weighted by Crippen LogP contribution is 2.66. The fourth-order valence-corrected chi connectivity index (χ4v) is 6.51. The molecule has 0 spiro atoms. The highest BCUT2D eigenvalue weighted by Gasteiger charge is 2.71. The lowest BCUT2D eigenvalue weighted by atomic mass is 9.84. The quantitative estimate of drug-likeness (QED) is 0.684. The standard InChI is InChI=1S/C25H22F3N5OS/c1-24(21-10-25(21,35-23(30)32-24)22(34)33-7-6-16(26)13-33)17-8-14(2-4-18(17)27)9-19(28)20-5-3-15(11-29)12-31-20/h2-5,8-9,12,16,21H,6-7,10,13H2,1H3,(H2,30,32)/b19-9-/t16-,21-,24+,25-/m0/s1. The first-order chi connectivity index (χ1) is 16.7. The predicted octanol–water partition coefficient (Wildman–Crippen LogP) is 4.17. The largest absolute Gasteiger partial charge is 0.378 e. The lowest BCUT2D eigenvalue weighted by Gasteiger charge is -2.35. The number of carbonyl (C=O) groups is 1. The SMILES string of the molecule is C[C@]1(c2cc(/C=C(\F)c3ccc(C#N)cn3)ccc2F)N=C(N)S[C@@]2(C(=O)N3CC[C@H](F)C3)C[C@H]21. The molecule has 2 aromatic rings. The summed E-state index contributed by atoms with van der Waals surface area (Å²) in [6, 6.07) is 8.95. The van der Waals surface area contributed by atoms with Crippen molar-refractivity contribution in [2.45, 2.75) is 36.2 Å². The Balaban J connectivity index is 1.47. The Kier molecular flexibility index (Phi) is 5.63. The number of amidine groups is 1. The summed E-state index contributed by atoms with van der Waals surface area (Å²) >= 11 is 1.17. The highest BCUT2D eigenvalue weighted by atomic mass is 32.2. The van der Waals surface area contributed by atoms with Gasteiger partial charge in [0.15, 0.2) is 5.17 Å². The number of thioether (sulfide) groups is 1. The summed E-state index contributed by atoms with van der Waals surface area (Å²) in [5, 5.41) is 9.05. The van der Waals surface area contributed by atoms with Crippen LogP contribution < -0.4 is 5.73 Å². The van der Waals surface area contributed by atoms with Crippen molar-refractivity contribution < 1.29 is 18.0 Å². The first-order valence-electron chi connectivity index (χ1n) is 11.2. The average molecular weight is 498 g/mol. The third-order valence-corrected chi connectivity index (χ3v) is 8.25. The van der Waals surface area contributed by atoms with Gasteiger partial charge in [0.05, 0.1) is 23.3 Å². The van der Waals surface area contributed by atoms with E-state index in [4.69, 9.17) is 11.0 Å². The topological polar surface area (TPSA) is 95.4 Å². The second-order valence-corrected chi connectivity index (χ2v) is 10.6. The zero-order valence-electron chi connectivity index (χ0n) is 18.8. The number of hydrogen-bond donors (Lipinski definition) is 1. The van der Waals surface area contributed by atoms with Crippen molar-refractivity contribution in [1.82, 2.24) is 9.88 Å². The first kappa shape index (κ1) is 23.4. The molecule has 1 aromatic carbocycles. The summed E-state index contributed by atoms with van der Waals surface area (Å²) in [5.74, 6) is -1.71. The number of likely N-dealkylation sites (tertiary alicyclic amines) is 1. The van der Waals surface area contributed by atoms with E-state index in [-0.39, 0.29) is 34.8 Å². The zero-order chi connectivity index (χ0) is 25.0. The van der Waals surface area contributed by atoms with Crippen LogP contribution in [0.25, 0.3) is 11.9 Å². The number of halogens is 3. The fourth-order valence-electron chi connectivity index (χ4n) is 5.07. The Morgan fingerprint density at radius 3 is 2.83 bits per heavy atom. The molecule has 35 heavy (non-hydrogen) atoms. The van der Waals surface area contributed by atoms with Gasteiger partial charge < -0.3 is 10.6 Å². The molecule has 0 bridgehead atoms. The number of amides is 1. The molecular formula is C25H22F3N5OS. The maximum absolute atomic E-state index is 15.1. The van der Waals surface area contributed by atoms with Gasteiger partial charge in [-0.15, -0.1) is 0 Å². The van der Waals surface area contributed by atoms with Gasteiger partial charge in [-0.1, -0.05) is 17.8 Å². The smallest absolute Gasteiger partial charge is 0.239 e. The number of nitrogens with zero attached hydrogens (tertiary/aromatic N) is 4. The number of fused-ring (bicyclic) bond motifs is 1. The second kappa shape index (κ2) is 8.41. The van der Waals surface area contributed by atoms with Crippen molar-refractivity contribution in [1.29, 1.82) is 5.26 Å². The van der Waals surface area contributed by atoms with E-state index >= 15 is 4.39 Å². The number of pyridine rings is 1. The van der Waals surface area contributed by atoms with Crippen LogP contribution in [0.5, 0.6) is 0 Å². The van der Waals surface area contributed by atoms with Crippen LogP contribution in [0.15, 0.2) is 41.5 Å². The van der Waals surface area contributed by atoms with Crippen molar-refractivity contribution in [2.75, 3.05) is 13.1 Å². The molecule has 1 aromatic heterocycles. The monoisotopic (exact) mass is 497 g/mol. The van der Waals surface area contributed by atoms with Gasteiger partial charge in [0.2, 0.25) is 5.91 Å². The minimum atomic E-state index is -1.14. The third kappa shape index (κ3) is 3.97. The van der Waals surface area contributed by atoms with Gasteiger partial charge in [-0.3, -0.25) is 14.8 Å². The third-order valence-electron chi connectivity index (χ3n) is 6.96. The summed E-state index contributed by atoms with van der Waals surface area (Å²) in [7, 11) is 0. The van der Waals surface area contributed by atoms with Crippen LogP contribution >= 0.6 is 11.8 Å². The van der Waals surface area contributed by atoms with Gasteiger partial charge in [0.1, 0.15) is 28.6 Å². The van der Waals surface area contributed by atoms with Crippen LogP contribution in [0.3, 0.4) is 0 Å². The Hall–Kier alpha value is -3.32. The van der Waals surface area contributed by atoms with E-state index < -0.39 is 28.1 Å². The van der Waals surface area contributed by atoms with E-state index in [2.05, 4.69) is 9.98 Å². The number of benzene rings is 1. The van der Waals surface area contributed by atoms with E-state index in [9.17, 15) is 13.6 Å². The summed E-state index contributed by atoms with van der Waals surface area (Å²) in [4.78, 5) is 23.3. The van der Waals surface area contributed by atoms with Crippen molar-refractivity contribution in [3.05, 3.63) is 64.7 Å². The molecule has 0 unspecified atom stereocenters. The number of aromatic nitrogens is 1. The molecule has 2 aliphatic heterocycles. The molecule has 0 radical (unpaired) electrons. The van der Waals surface area contributed by atoms with Gasteiger partial charge in [-0.05, 0) is 55.7 Å². The normalized spacial score (nSPS) is 29.9. The number of carbonyl (C=O) groups excluding carboxylic acids is 1. The molecule has 3 heterocycles. The summed E-state index contributed by atoms with van der Waals surface area (Å²) < 4.78 is 42.8. The summed E-state index contributed by atoms with van der Waals surface area (Å²) in [6.07, 6.45) is 2.20. The molecule has 1 amide bonds. The van der Waals surface area contributed by atoms with E-state index in [1.54, 1.807) is 6.92 Å². The molecule has 4 atom stereocenters. The molecule has 3 aliphatic rings. The van der Waals surface area contributed by atoms with Gasteiger partial charge in [-0.2, -0.15) is 5.26 Å². The van der Waals surface area contributed by atoms with E-state index in [0.717, 1.165) is 0 Å². The fraction of sp³-hybridized carbons (Fsp3) is 0.360. The molecule has 1 saturated heterocycles. The van der Waals surface area contributed by atoms with Crippen LogP contribution in [0.1, 0.15) is 42.1 Å². The van der Waals surface area contributed by atoms with Crippen molar-refractivity contribution in [3.63, 3.8) is 0 Å². The lowest BCUT2D eigenvalue weighted by Crippen LogP contribution is -2.45. The Morgan fingerprint density at radius 2 is 2.17 bits per heavy atom. The number of aliphatic imine (C=N–C) groups is 1. The molecular weight excluding hydrogens is 475 g/mol. The highest BCUT2D eigenvalue weighted by molar-refractivity contribution is 8.15. The lowest BCUT2D eigenvalue weighted by molar-refractivity contribution is -0.131. The summed E-state index contributed by atoms with van der Waals surface area (Å²) in [5.41, 5.74) is 5.93. The Morgan fingerprint density at radius 1 is 1.37 bits per heavy atom. The van der Waals surface area contributed by atoms with Crippen molar-refractivity contribution >= 4 is 34.7 Å². The minimum absolute atomic E-state index is 0.0426. The van der Waals surface area contributed by atoms with Crippen LogP contribution in [0.2, 0.25) is 0 Å². The van der Waals surface area contributed by atoms with Crippen LogP contribution in [0.4, 0.5) is 13.2 Å². The maximum atomic E-state index is 15.1. The molecule has 5 rings (SSSR count). The average Bonchev–Trinajstić information content (AvgIpc) is 3.44. The first-order valence-corrected chi connectivity index (χ1v) is 12.0. The molecule has 2 N–H and O–H groups in total. The molecule has 6 nitrogen and oxygen atoms in total. The van der Waals surface area contributed by atoms with Crippen molar-refractivity contribution in [2.24, 2.45) is 16.6 Å². The predicted molar refractivity (Wildman–Crippen MR) is 128 cm³/mol. The van der Waals surface area contributed by atoms with Crippen LogP contribution in [0, 0.1) is 23.1 Å². The number of rotatable bonds is 4. The zero-order valence-corrected chi connectivity index (χ0v) is 19.7. The minimum Gasteiger partial charge on any atom is -0.378 e. The number of nitriles is 1. The Bertz CT molecular complexity index is 1310. The summed E-state index contributed by atoms with van der Waals surface area (Å²) in [6.45, 7) is 2.13. The molecule has 1 saturated carbocycles. The molecule has 2 fully saturated rings. The van der Waals surface area contributed by atoms with Crippen LogP contribution in [-0.4, -0.2) is 45.0 Å². The van der Waals surface area contributed by atoms with Crippen LogP contribution in [-0.2, 0) is 10.3 Å². The number of alkyl halides is 1. The second-order valence-electron chi connectivity index (χ2n) is 9.26.